The van der Waals surface area contributed by atoms with E-state index in [-0.39, 0.29) is 55.5 Å². The topological polar surface area (TPSA) is 82.1 Å². The minimum Gasteiger partial charge on any atom is -0.464 e. The Balaban J connectivity index is 4.36. The second-order valence-electron chi connectivity index (χ2n) is 6.96. The highest BCUT2D eigenvalue weighted by Crippen LogP contribution is 2.04. The molecule has 0 saturated carbocycles. The third-order valence-electron chi connectivity index (χ3n) is 3.91. The first-order valence-electron chi connectivity index (χ1n) is 9.41. The van der Waals surface area contributed by atoms with Crippen LogP contribution in [0.5, 0.6) is 0 Å². The Kier molecular flexibility index (Phi) is 12.7. The Bertz CT molecular complexity index is 410. The molecule has 0 fully saturated rings. The summed E-state index contributed by atoms with van der Waals surface area (Å²) in [4.78, 5) is 36.8. The molecule has 0 aromatic carbocycles. The highest BCUT2D eigenvalue weighted by Gasteiger charge is 2.15. The smallest absolute Gasteiger partial charge is 0.308 e. The minimum atomic E-state index is -0.251. The molecule has 7 nitrogen and oxygen atoms in total. The van der Waals surface area contributed by atoms with Gasteiger partial charge in [-0.05, 0) is 6.42 Å². The van der Waals surface area contributed by atoms with Crippen LogP contribution in [0, 0.1) is 17.8 Å². The summed E-state index contributed by atoms with van der Waals surface area (Å²) < 4.78 is 15.6. The summed E-state index contributed by atoms with van der Waals surface area (Å²) in [5, 5.41) is 0. The summed E-state index contributed by atoms with van der Waals surface area (Å²) in [5.74, 6) is -1.19. The Labute approximate surface area is 157 Å². The molecule has 0 rings (SSSR count). The van der Waals surface area contributed by atoms with Gasteiger partial charge in [0.15, 0.2) is 0 Å². The van der Waals surface area contributed by atoms with Crippen molar-refractivity contribution in [2.45, 2.75) is 48.0 Å². The molecular weight excluding hydrogens is 338 g/mol. The number of esters is 3. The molecule has 0 aromatic rings. The lowest BCUT2D eigenvalue weighted by Crippen LogP contribution is -2.36. The van der Waals surface area contributed by atoms with E-state index < -0.39 is 0 Å². The van der Waals surface area contributed by atoms with Gasteiger partial charge in [-0.3, -0.25) is 19.3 Å². The number of hydrogen-bond acceptors (Lipinski definition) is 7. The molecule has 152 valence electrons. The fraction of sp³-hybridized carbons (Fsp3) is 0.842. The average molecular weight is 373 g/mol. The number of nitrogens with zero attached hydrogens (tertiary/aromatic N) is 1. The van der Waals surface area contributed by atoms with Crippen molar-refractivity contribution in [2.24, 2.45) is 17.8 Å². The molecular formula is C19H35NO6. The molecule has 0 aromatic heterocycles. The molecule has 7 heteroatoms. The van der Waals surface area contributed by atoms with Gasteiger partial charge < -0.3 is 14.2 Å². The van der Waals surface area contributed by atoms with E-state index in [1.165, 1.54) is 0 Å². The molecule has 0 N–H and O–H groups in total. The predicted octanol–water partition coefficient (Wildman–Crippen LogP) is 2.28. The maximum absolute atomic E-state index is 11.7. The molecule has 0 radical (unpaired) electrons. The van der Waals surface area contributed by atoms with E-state index in [1.807, 2.05) is 18.7 Å². The fourth-order valence-electron chi connectivity index (χ4n) is 1.80. The van der Waals surface area contributed by atoms with Gasteiger partial charge >= 0.3 is 17.9 Å². The molecule has 0 saturated heterocycles. The van der Waals surface area contributed by atoms with E-state index in [1.54, 1.807) is 27.7 Å². The normalized spacial score (nSPS) is 12.3. The van der Waals surface area contributed by atoms with Gasteiger partial charge in [0.25, 0.3) is 0 Å². The van der Waals surface area contributed by atoms with Gasteiger partial charge in [-0.15, -0.1) is 0 Å². The number of ether oxygens (including phenoxy) is 3. The van der Waals surface area contributed by atoms with Crippen molar-refractivity contribution in [1.29, 1.82) is 0 Å². The lowest BCUT2D eigenvalue weighted by atomic mass is 10.1. The highest BCUT2D eigenvalue weighted by molar-refractivity contribution is 5.72. The summed E-state index contributed by atoms with van der Waals surface area (Å²) in [5.41, 5.74) is 0. The molecule has 26 heavy (non-hydrogen) atoms. The third kappa shape index (κ3) is 11.1. The van der Waals surface area contributed by atoms with Crippen LogP contribution in [-0.4, -0.2) is 62.3 Å². The van der Waals surface area contributed by atoms with Gasteiger partial charge in [0.1, 0.15) is 19.8 Å². The van der Waals surface area contributed by atoms with Crippen LogP contribution in [0.4, 0.5) is 0 Å². The molecule has 1 unspecified atom stereocenters. The van der Waals surface area contributed by atoms with Crippen LogP contribution in [0.3, 0.4) is 0 Å². The zero-order valence-corrected chi connectivity index (χ0v) is 17.1. The largest absolute Gasteiger partial charge is 0.464 e. The number of carbonyl (C=O) groups is 3. The van der Waals surface area contributed by atoms with E-state index in [9.17, 15) is 14.4 Å². The third-order valence-corrected chi connectivity index (χ3v) is 3.91. The van der Waals surface area contributed by atoms with Crippen LogP contribution >= 0.6 is 0 Å². The summed E-state index contributed by atoms with van der Waals surface area (Å²) >= 11 is 0. The van der Waals surface area contributed by atoms with Crippen molar-refractivity contribution < 1.29 is 28.6 Å². The zero-order chi connectivity index (χ0) is 20.1. The van der Waals surface area contributed by atoms with Crippen LogP contribution in [-0.2, 0) is 28.6 Å². The number of carbonyl (C=O) groups excluding carboxylic acids is 3. The lowest BCUT2D eigenvalue weighted by Gasteiger charge is -2.22. The maximum Gasteiger partial charge on any atom is 0.308 e. The first kappa shape index (κ1) is 24.4. The summed E-state index contributed by atoms with van der Waals surface area (Å²) in [6.07, 6.45) is 0.735. The van der Waals surface area contributed by atoms with Crippen molar-refractivity contribution in [2.75, 3.05) is 39.5 Å². The van der Waals surface area contributed by atoms with Crippen molar-refractivity contribution in [3.05, 3.63) is 0 Å². The van der Waals surface area contributed by atoms with Gasteiger partial charge in [0.2, 0.25) is 0 Å². The quantitative estimate of drug-likeness (QED) is 0.362. The van der Waals surface area contributed by atoms with Crippen molar-refractivity contribution in [1.82, 2.24) is 4.90 Å². The van der Waals surface area contributed by atoms with Gasteiger partial charge in [-0.25, -0.2) is 0 Å². The molecule has 0 spiro atoms. The second-order valence-corrected chi connectivity index (χ2v) is 6.96. The van der Waals surface area contributed by atoms with Crippen LogP contribution < -0.4 is 0 Å². The number of hydrogen-bond donors (Lipinski definition) is 0. The van der Waals surface area contributed by atoms with E-state index in [0.29, 0.717) is 19.6 Å². The van der Waals surface area contributed by atoms with Gasteiger partial charge in [-0.2, -0.15) is 0 Å². The summed E-state index contributed by atoms with van der Waals surface area (Å²) in [6.45, 7) is 13.1. The SMILES string of the molecule is CCC(C)C(=O)OCCN(CCOC(=O)C(C)C)CCOC(=O)C(C)C. The molecule has 0 amide bonds. The zero-order valence-electron chi connectivity index (χ0n) is 17.1. The van der Waals surface area contributed by atoms with Gasteiger partial charge in [0.05, 0.1) is 17.8 Å². The highest BCUT2D eigenvalue weighted by atomic mass is 16.5. The van der Waals surface area contributed by atoms with Gasteiger partial charge in [0, 0.05) is 19.6 Å². The standard InChI is InChI=1S/C19H35NO6/c1-7-16(6)19(23)26-13-10-20(8-11-24-17(21)14(2)3)9-12-25-18(22)15(4)5/h14-16H,7-13H2,1-6H3. The van der Waals surface area contributed by atoms with Gasteiger partial charge in [-0.1, -0.05) is 41.5 Å². The van der Waals surface area contributed by atoms with E-state index in [0.717, 1.165) is 6.42 Å². The monoisotopic (exact) mass is 373 g/mol. The Morgan fingerprint density at radius 1 is 0.692 bits per heavy atom. The Hall–Kier alpha value is -1.63. The average Bonchev–Trinajstić information content (AvgIpc) is 2.59. The van der Waals surface area contributed by atoms with E-state index in [4.69, 9.17) is 14.2 Å². The van der Waals surface area contributed by atoms with Crippen LogP contribution in [0.1, 0.15) is 48.0 Å². The van der Waals surface area contributed by atoms with Crippen molar-refractivity contribution in [3.63, 3.8) is 0 Å². The molecule has 0 aliphatic carbocycles. The van der Waals surface area contributed by atoms with E-state index in [2.05, 4.69) is 0 Å². The Morgan fingerprint density at radius 3 is 1.35 bits per heavy atom. The molecule has 0 bridgehead atoms. The molecule has 0 aliphatic rings. The first-order chi connectivity index (χ1) is 12.2. The maximum atomic E-state index is 11.7. The van der Waals surface area contributed by atoms with Crippen LogP contribution in [0.25, 0.3) is 0 Å². The van der Waals surface area contributed by atoms with Crippen molar-refractivity contribution in [3.8, 4) is 0 Å². The Morgan fingerprint density at radius 2 is 1.04 bits per heavy atom. The summed E-state index contributed by atoms with van der Waals surface area (Å²) in [7, 11) is 0. The fourth-order valence-corrected chi connectivity index (χ4v) is 1.80. The van der Waals surface area contributed by atoms with Crippen LogP contribution in [0.2, 0.25) is 0 Å². The second kappa shape index (κ2) is 13.6. The van der Waals surface area contributed by atoms with Crippen LogP contribution in [0.15, 0.2) is 0 Å². The summed E-state index contributed by atoms with van der Waals surface area (Å²) in [6, 6.07) is 0. The van der Waals surface area contributed by atoms with Crippen molar-refractivity contribution >= 4 is 17.9 Å². The molecule has 0 aliphatic heterocycles. The first-order valence-corrected chi connectivity index (χ1v) is 9.41. The number of rotatable bonds is 13. The predicted molar refractivity (Wildman–Crippen MR) is 98.4 cm³/mol. The molecule has 1 atom stereocenters. The lowest BCUT2D eigenvalue weighted by molar-refractivity contribution is -0.148. The minimum absolute atomic E-state index is 0.123. The molecule has 0 heterocycles. The van der Waals surface area contributed by atoms with E-state index >= 15 is 0 Å².